The number of rotatable bonds is 14. The number of halogens is 1. The number of aromatic nitrogens is 1. The van der Waals surface area contributed by atoms with Gasteiger partial charge in [0.05, 0.1) is 28.3 Å². The molecule has 3 aromatic rings. The van der Waals surface area contributed by atoms with E-state index in [0.29, 0.717) is 42.0 Å². The molecule has 0 unspecified atom stereocenters. The number of nitrogens with zero attached hydrogens (tertiary/aromatic N) is 4. The number of amides is 1. The lowest BCUT2D eigenvalue weighted by Crippen LogP contribution is -2.36. The Hall–Kier alpha value is -2.52. The van der Waals surface area contributed by atoms with Crippen molar-refractivity contribution >= 4 is 55.0 Å². The maximum atomic E-state index is 13.8. The summed E-state index contributed by atoms with van der Waals surface area (Å²) in [6, 6.07) is 9.76. The molecule has 1 aliphatic rings. The number of carbonyl (C=O) groups excluding carboxylic acids is 1. The molecule has 1 aromatic heterocycles. The maximum Gasteiger partial charge on any atom is 0.260 e. The molecule has 41 heavy (non-hydrogen) atoms. The van der Waals surface area contributed by atoms with E-state index in [9.17, 15) is 13.2 Å². The van der Waals surface area contributed by atoms with Gasteiger partial charge in [-0.2, -0.15) is 4.31 Å². The summed E-state index contributed by atoms with van der Waals surface area (Å²) in [7, 11) is 3.21. The molecular formula is C27H37ClN4O7S2. The molecule has 0 bridgehead atoms. The summed E-state index contributed by atoms with van der Waals surface area (Å²) >= 11 is 1.41. The number of methoxy groups -OCH3 is 2. The van der Waals surface area contributed by atoms with Crippen LogP contribution in [0.25, 0.3) is 10.2 Å². The predicted octanol–water partition coefficient (Wildman–Crippen LogP) is 3.37. The zero-order valence-electron chi connectivity index (χ0n) is 23.7. The third kappa shape index (κ3) is 8.07. The van der Waals surface area contributed by atoms with Crippen LogP contribution in [-0.4, -0.2) is 109 Å². The number of fused-ring (bicyclic) bond motifs is 2. The molecule has 14 heteroatoms. The van der Waals surface area contributed by atoms with Crippen molar-refractivity contribution in [3.8, 4) is 11.5 Å². The van der Waals surface area contributed by atoms with Gasteiger partial charge in [-0.3, -0.25) is 9.69 Å². The lowest BCUT2D eigenvalue weighted by molar-refractivity contribution is 0.0986. The van der Waals surface area contributed by atoms with Gasteiger partial charge < -0.3 is 23.8 Å². The summed E-state index contributed by atoms with van der Waals surface area (Å²) in [5, 5.41) is 0.558. The molecule has 0 aliphatic carbocycles. The van der Waals surface area contributed by atoms with Crippen LogP contribution in [0.2, 0.25) is 0 Å². The Morgan fingerprint density at radius 2 is 1.56 bits per heavy atom. The lowest BCUT2D eigenvalue weighted by Gasteiger charge is -2.22. The fourth-order valence-electron chi connectivity index (χ4n) is 4.21. The standard InChI is InChI=1S/C27H36N4O7S2.ClH/c1-29(2)10-5-11-31(27-28-22-18-23-24(19-25(22)39-27)38-17-16-37-23)26(32)20-6-8-21(9-7-20)40(33,34)30(12-14-35-3)13-15-36-4;/h6-9,18-19H,5,10-17H2,1-4H3;1H. The number of benzene rings is 2. The number of anilines is 1. The number of carbonyl (C=O) groups is 1. The largest absolute Gasteiger partial charge is 0.486 e. The summed E-state index contributed by atoms with van der Waals surface area (Å²) in [6.45, 7) is 3.11. The van der Waals surface area contributed by atoms with E-state index < -0.39 is 10.0 Å². The Labute approximate surface area is 251 Å². The third-order valence-electron chi connectivity index (χ3n) is 6.33. The van der Waals surface area contributed by atoms with E-state index in [0.717, 1.165) is 23.2 Å². The van der Waals surface area contributed by atoms with E-state index in [1.165, 1.54) is 42.0 Å². The van der Waals surface area contributed by atoms with Crippen molar-refractivity contribution in [3.63, 3.8) is 0 Å². The zero-order chi connectivity index (χ0) is 28.7. The van der Waals surface area contributed by atoms with Gasteiger partial charge in [-0.05, 0) is 51.3 Å². The van der Waals surface area contributed by atoms with E-state index in [4.69, 9.17) is 23.9 Å². The molecule has 0 saturated heterocycles. The van der Waals surface area contributed by atoms with Crippen LogP contribution in [0.4, 0.5) is 5.13 Å². The molecular weight excluding hydrogens is 592 g/mol. The molecule has 226 valence electrons. The Kier molecular flexibility index (Phi) is 12.1. The van der Waals surface area contributed by atoms with Gasteiger partial charge in [-0.1, -0.05) is 11.3 Å². The van der Waals surface area contributed by atoms with E-state index in [1.807, 2.05) is 26.2 Å². The minimum absolute atomic E-state index is 0. The van der Waals surface area contributed by atoms with Crippen molar-refractivity contribution in [2.75, 3.05) is 85.8 Å². The van der Waals surface area contributed by atoms with E-state index in [1.54, 1.807) is 17.0 Å². The van der Waals surface area contributed by atoms with Crippen molar-refractivity contribution in [3.05, 3.63) is 42.0 Å². The normalized spacial score (nSPS) is 13.0. The molecule has 0 saturated carbocycles. The van der Waals surface area contributed by atoms with Crippen LogP contribution in [0.1, 0.15) is 16.8 Å². The first kappa shape index (κ1) is 33.0. The van der Waals surface area contributed by atoms with Crippen LogP contribution >= 0.6 is 23.7 Å². The van der Waals surface area contributed by atoms with E-state index >= 15 is 0 Å². The summed E-state index contributed by atoms with van der Waals surface area (Å²) in [4.78, 5) is 22.3. The number of sulfonamides is 1. The van der Waals surface area contributed by atoms with Gasteiger partial charge in [-0.25, -0.2) is 13.4 Å². The third-order valence-corrected chi connectivity index (χ3v) is 9.29. The summed E-state index contributed by atoms with van der Waals surface area (Å²) < 4.78 is 50.3. The first-order valence-electron chi connectivity index (χ1n) is 13.0. The zero-order valence-corrected chi connectivity index (χ0v) is 26.1. The number of ether oxygens (including phenoxy) is 4. The second-order valence-electron chi connectivity index (χ2n) is 9.49. The van der Waals surface area contributed by atoms with E-state index in [2.05, 4.69) is 4.90 Å². The smallest absolute Gasteiger partial charge is 0.260 e. The van der Waals surface area contributed by atoms with Crippen LogP contribution in [0.15, 0.2) is 41.3 Å². The highest BCUT2D eigenvalue weighted by Gasteiger charge is 2.26. The van der Waals surface area contributed by atoms with Crippen molar-refractivity contribution < 1.29 is 32.2 Å². The molecule has 0 N–H and O–H groups in total. The number of hydrogen-bond acceptors (Lipinski definition) is 10. The van der Waals surface area contributed by atoms with Crippen molar-refractivity contribution in [2.24, 2.45) is 0 Å². The summed E-state index contributed by atoms with van der Waals surface area (Å²) in [5.74, 6) is 1.05. The average molecular weight is 629 g/mol. The highest BCUT2D eigenvalue weighted by molar-refractivity contribution is 7.89. The van der Waals surface area contributed by atoms with Gasteiger partial charge in [-0.15, -0.1) is 12.4 Å². The van der Waals surface area contributed by atoms with Crippen LogP contribution in [-0.2, 0) is 19.5 Å². The van der Waals surface area contributed by atoms with Crippen molar-refractivity contribution in [1.82, 2.24) is 14.2 Å². The minimum atomic E-state index is -3.80. The van der Waals surface area contributed by atoms with Gasteiger partial charge in [0.15, 0.2) is 16.6 Å². The molecule has 2 heterocycles. The molecule has 1 amide bonds. The molecule has 11 nitrogen and oxygen atoms in total. The first-order chi connectivity index (χ1) is 19.2. The molecule has 4 rings (SSSR count). The molecule has 0 atom stereocenters. The first-order valence-corrected chi connectivity index (χ1v) is 15.2. The van der Waals surface area contributed by atoms with Crippen molar-refractivity contribution in [1.29, 1.82) is 0 Å². The maximum absolute atomic E-state index is 13.8. The Balaban J connectivity index is 0.00000462. The monoisotopic (exact) mass is 628 g/mol. The number of thiazole rings is 1. The SMILES string of the molecule is COCCN(CCOC)S(=O)(=O)c1ccc(C(=O)N(CCCN(C)C)c2nc3cc4c(cc3s2)OCCO4)cc1.Cl. The van der Waals surface area contributed by atoms with Gasteiger partial charge in [0, 0.05) is 51.6 Å². The predicted molar refractivity (Wildman–Crippen MR) is 162 cm³/mol. The Morgan fingerprint density at radius 1 is 0.951 bits per heavy atom. The highest BCUT2D eigenvalue weighted by Crippen LogP contribution is 2.39. The summed E-state index contributed by atoms with van der Waals surface area (Å²) in [6.07, 6.45) is 0.734. The van der Waals surface area contributed by atoms with Gasteiger partial charge in [0.25, 0.3) is 5.91 Å². The fraction of sp³-hybridized carbons (Fsp3) is 0.481. The fourth-order valence-corrected chi connectivity index (χ4v) is 6.62. The average Bonchev–Trinajstić information content (AvgIpc) is 3.36. The molecule has 0 fully saturated rings. The molecule has 0 spiro atoms. The van der Waals surface area contributed by atoms with E-state index in [-0.39, 0.29) is 49.5 Å². The quantitative estimate of drug-likeness (QED) is 0.265. The molecule has 2 aromatic carbocycles. The Morgan fingerprint density at radius 3 is 2.15 bits per heavy atom. The minimum Gasteiger partial charge on any atom is -0.486 e. The lowest BCUT2D eigenvalue weighted by atomic mass is 10.2. The van der Waals surface area contributed by atoms with Crippen LogP contribution in [0.3, 0.4) is 0 Å². The topological polar surface area (TPSA) is 111 Å². The van der Waals surface area contributed by atoms with Crippen LogP contribution < -0.4 is 14.4 Å². The van der Waals surface area contributed by atoms with Crippen LogP contribution in [0.5, 0.6) is 11.5 Å². The molecule has 0 radical (unpaired) electrons. The summed E-state index contributed by atoms with van der Waals surface area (Å²) in [5.41, 5.74) is 1.10. The van der Waals surface area contributed by atoms with Crippen molar-refractivity contribution in [2.45, 2.75) is 11.3 Å². The van der Waals surface area contributed by atoms with Crippen LogP contribution in [0, 0.1) is 0 Å². The highest BCUT2D eigenvalue weighted by atomic mass is 35.5. The van der Waals surface area contributed by atoms with Gasteiger partial charge in [0.2, 0.25) is 10.0 Å². The Bertz CT molecular complexity index is 1350. The number of hydrogen-bond donors (Lipinski definition) is 0. The second kappa shape index (κ2) is 15.1. The van der Waals surface area contributed by atoms with Gasteiger partial charge in [0.1, 0.15) is 13.2 Å². The second-order valence-corrected chi connectivity index (χ2v) is 12.4. The van der Waals surface area contributed by atoms with Gasteiger partial charge >= 0.3 is 0 Å². The molecule has 1 aliphatic heterocycles.